The van der Waals surface area contributed by atoms with Gasteiger partial charge in [0.1, 0.15) is 11.6 Å². The van der Waals surface area contributed by atoms with Crippen LogP contribution in [0.3, 0.4) is 0 Å². The summed E-state index contributed by atoms with van der Waals surface area (Å²) in [6.45, 7) is 0. The summed E-state index contributed by atoms with van der Waals surface area (Å²) in [6.07, 6.45) is -1.85. The number of nitrogens with zero attached hydrogens (tertiary/aromatic N) is 2. The third-order valence-electron chi connectivity index (χ3n) is 4.45. The lowest BCUT2D eigenvalue weighted by atomic mass is 10.0. The van der Waals surface area contributed by atoms with Crippen LogP contribution < -0.4 is 14.8 Å². The maximum atomic E-state index is 12.9. The first-order chi connectivity index (χ1) is 15.3. The highest BCUT2D eigenvalue weighted by Crippen LogP contribution is 2.33. The Morgan fingerprint density at radius 1 is 1.16 bits per heavy atom. The minimum absolute atomic E-state index is 0.0849. The third kappa shape index (κ3) is 4.89. The number of hydrogen-bond donors (Lipinski definition) is 2. The number of hydrogen-bond acceptors (Lipinski definition) is 5. The molecule has 0 aliphatic heterocycles. The molecule has 2 aromatic carbocycles. The van der Waals surface area contributed by atoms with Crippen LogP contribution in [-0.4, -0.2) is 30.3 Å². The van der Waals surface area contributed by atoms with Crippen molar-refractivity contribution in [3.8, 4) is 28.8 Å². The van der Waals surface area contributed by atoms with Gasteiger partial charge in [-0.1, -0.05) is 6.07 Å². The molecule has 0 saturated carbocycles. The van der Waals surface area contributed by atoms with Gasteiger partial charge in [-0.2, -0.15) is 23.5 Å². The molecule has 3 aromatic rings. The maximum absolute atomic E-state index is 12.9. The van der Waals surface area contributed by atoms with Gasteiger partial charge in [0.2, 0.25) is 0 Å². The van der Waals surface area contributed by atoms with E-state index in [0.717, 1.165) is 12.1 Å². The molecular weight excluding hydrogens is 425 g/mol. The summed E-state index contributed by atoms with van der Waals surface area (Å²) in [5.41, 5.74) is 0.271. The molecule has 0 aliphatic rings. The van der Waals surface area contributed by atoms with Crippen molar-refractivity contribution >= 4 is 17.7 Å². The summed E-state index contributed by atoms with van der Waals surface area (Å²) >= 11 is 0. The van der Waals surface area contributed by atoms with Gasteiger partial charge < -0.3 is 14.8 Å². The molecule has 0 bridgehead atoms. The van der Waals surface area contributed by atoms with Crippen molar-refractivity contribution < 1.29 is 27.4 Å². The van der Waals surface area contributed by atoms with Crippen LogP contribution in [0.1, 0.15) is 11.1 Å². The zero-order valence-electron chi connectivity index (χ0n) is 16.9. The van der Waals surface area contributed by atoms with Crippen molar-refractivity contribution in [1.29, 1.82) is 5.26 Å². The number of amides is 1. The Hall–Kier alpha value is -4.26. The van der Waals surface area contributed by atoms with Gasteiger partial charge in [-0.25, -0.2) is 0 Å². The summed E-state index contributed by atoms with van der Waals surface area (Å²) in [4.78, 5) is 12.5. The number of ether oxygens (including phenoxy) is 2. The number of rotatable bonds is 6. The zero-order valence-corrected chi connectivity index (χ0v) is 16.9. The molecule has 10 heteroatoms. The van der Waals surface area contributed by atoms with Crippen molar-refractivity contribution in [3.05, 3.63) is 65.4 Å². The third-order valence-corrected chi connectivity index (χ3v) is 4.45. The minimum atomic E-state index is -4.56. The topological polar surface area (TPSA) is 100 Å². The monoisotopic (exact) mass is 442 g/mol. The summed E-state index contributed by atoms with van der Waals surface area (Å²) in [5.74, 6) is 0.134. The largest absolute Gasteiger partial charge is 0.493 e. The summed E-state index contributed by atoms with van der Waals surface area (Å²) in [5, 5.41) is 18.5. The number of halogens is 3. The van der Waals surface area contributed by atoms with Gasteiger partial charge in [0.05, 0.1) is 31.7 Å². The Morgan fingerprint density at radius 2 is 1.91 bits per heavy atom. The van der Waals surface area contributed by atoms with E-state index in [-0.39, 0.29) is 11.3 Å². The summed E-state index contributed by atoms with van der Waals surface area (Å²) < 4.78 is 49.2. The molecule has 0 radical (unpaired) electrons. The quantitative estimate of drug-likeness (QED) is 0.427. The van der Waals surface area contributed by atoms with E-state index >= 15 is 0 Å². The first kappa shape index (κ1) is 22.4. The number of H-pyrrole nitrogens is 1. The van der Waals surface area contributed by atoms with E-state index in [4.69, 9.17) is 9.47 Å². The highest BCUT2D eigenvalue weighted by molar-refractivity contribution is 6.10. The van der Waals surface area contributed by atoms with Gasteiger partial charge in [0.25, 0.3) is 5.91 Å². The SMILES string of the molecule is COc1ccc(-c2[nH]ncc2/C=C(/C#N)C(=O)Nc2cccc(C(F)(F)F)c2)cc1OC. The lowest BCUT2D eigenvalue weighted by Gasteiger charge is -2.10. The molecule has 3 rings (SSSR count). The van der Waals surface area contributed by atoms with E-state index in [2.05, 4.69) is 15.5 Å². The zero-order chi connectivity index (χ0) is 23.3. The molecule has 0 atom stereocenters. The fourth-order valence-corrected chi connectivity index (χ4v) is 2.90. The van der Waals surface area contributed by atoms with Crippen LogP contribution >= 0.6 is 0 Å². The lowest BCUT2D eigenvalue weighted by Crippen LogP contribution is -2.14. The predicted octanol–water partition coefficient (Wildman–Crippen LogP) is 4.66. The van der Waals surface area contributed by atoms with Crippen molar-refractivity contribution in [3.63, 3.8) is 0 Å². The Balaban J connectivity index is 1.89. The molecule has 0 unspecified atom stereocenters. The van der Waals surface area contributed by atoms with E-state index in [1.807, 2.05) is 0 Å². The molecule has 0 aliphatic carbocycles. The number of aromatic nitrogens is 2. The number of alkyl halides is 3. The number of nitriles is 1. The first-order valence-corrected chi connectivity index (χ1v) is 9.13. The molecule has 1 heterocycles. The second kappa shape index (κ2) is 9.26. The Labute approximate surface area is 181 Å². The highest BCUT2D eigenvalue weighted by Gasteiger charge is 2.30. The van der Waals surface area contributed by atoms with E-state index in [9.17, 15) is 23.2 Å². The number of anilines is 1. The van der Waals surface area contributed by atoms with Gasteiger partial charge in [-0.05, 0) is 42.5 Å². The highest BCUT2D eigenvalue weighted by atomic mass is 19.4. The molecule has 32 heavy (non-hydrogen) atoms. The van der Waals surface area contributed by atoms with Crippen molar-refractivity contribution in [2.75, 3.05) is 19.5 Å². The van der Waals surface area contributed by atoms with Crippen molar-refractivity contribution in [2.24, 2.45) is 0 Å². The van der Waals surface area contributed by atoms with Crippen LogP contribution in [0.4, 0.5) is 18.9 Å². The second-order valence-corrected chi connectivity index (χ2v) is 6.47. The molecule has 0 spiro atoms. The molecular formula is C22H17F3N4O3. The number of methoxy groups -OCH3 is 2. The Bertz CT molecular complexity index is 1210. The Morgan fingerprint density at radius 3 is 2.56 bits per heavy atom. The lowest BCUT2D eigenvalue weighted by molar-refractivity contribution is -0.137. The molecule has 0 saturated heterocycles. The van der Waals surface area contributed by atoms with E-state index in [1.165, 1.54) is 38.6 Å². The predicted molar refractivity (Wildman–Crippen MR) is 111 cm³/mol. The molecule has 1 aromatic heterocycles. The van der Waals surface area contributed by atoms with Crippen molar-refractivity contribution in [1.82, 2.24) is 10.2 Å². The van der Waals surface area contributed by atoms with E-state index < -0.39 is 17.6 Å². The average molecular weight is 442 g/mol. The second-order valence-electron chi connectivity index (χ2n) is 6.47. The first-order valence-electron chi connectivity index (χ1n) is 9.13. The van der Waals surface area contributed by atoms with Crippen molar-refractivity contribution in [2.45, 2.75) is 6.18 Å². The molecule has 1 amide bonds. The maximum Gasteiger partial charge on any atom is 0.416 e. The van der Waals surface area contributed by atoms with Crippen LogP contribution in [0.15, 0.2) is 54.2 Å². The van der Waals surface area contributed by atoms with Crippen LogP contribution in [0.2, 0.25) is 0 Å². The van der Waals surface area contributed by atoms with Gasteiger partial charge in [0, 0.05) is 16.8 Å². The molecule has 164 valence electrons. The number of carbonyl (C=O) groups excluding carboxylic acids is 1. The molecule has 0 fully saturated rings. The van der Waals surface area contributed by atoms with Gasteiger partial charge in [-0.3, -0.25) is 9.89 Å². The van der Waals surface area contributed by atoms with Gasteiger partial charge in [0.15, 0.2) is 11.5 Å². The van der Waals surface area contributed by atoms with Crippen LogP contribution in [0.25, 0.3) is 17.3 Å². The smallest absolute Gasteiger partial charge is 0.416 e. The number of nitrogens with one attached hydrogen (secondary N) is 2. The fraction of sp³-hybridized carbons (Fsp3) is 0.136. The van der Waals surface area contributed by atoms with E-state index in [1.54, 1.807) is 24.3 Å². The van der Waals surface area contributed by atoms with Gasteiger partial charge in [-0.15, -0.1) is 0 Å². The van der Waals surface area contributed by atoms with E-state index in [0.29, 0.717) is 28.3 Å². The van der Waals surface area contributed by atoms with Crippen LogP contribution in [-0.2, 0) is 11.0 Å². The minimum Gasteiger partial charge on any atom is -0.493 e. The fourth-order valence-electron chi connectivity index (χ4n) is 2.90. The Kier molecular flexibility index (Phi) is 6.49. The van der Waals surface area contributed by atoms with Crippen LogP contribution in [0.5, 0.6) is 11.5 Å². The summed E-state index contributed by atoms with van der Waals surface area (Å²) in [6, 6.07) is 11.0. The summed E-state index contributed by atoms with van der Waals surface area (Å²) in [7, 11) is 2.99. The normalized spacial score (nSPS) is 11.6. The number of carbonyl (C=O) groups is 1. The number of aromatic amines is 1. The molecule has 2 N–H and O–H groups in total. The number of benzene rings is 2. The van der Waals surface area contributed by atoms with Gasteiger partial charge >= 0.3 is 6.18 Å². The molecule has 7 nitrogen and oxygen atoms in total. The average Bonchev–Trinajstić information content (AvgIpc) is 3.24. The van der Waals surface area contributed by atoms with Crippen LogP contribution in [0, 0.1) is 11.3 Å². The standard InChI is InChI=1S/C22H17F3N4O3/c1-31-18-7-6-13(9-19(18)32-2)20-15(12-27-29-20)8-14(11-26)21(30)28-17-5-3-4-16(10-17)22(23,24)25/h3-10,12H,1-2H3,(H,27,29)(H,28,30)/b14-8-.